The van der Waals surface area contributed by atoms with Crippen LogP contribution in [0.1, 0.15) is 24.8 Å². The van der Waals surface area contributed by atoms with E-state index < -0.39 is 0 Å². The van der Waals surface area contributed by atoms with Crippen LogP contribution in [0.5, 0.6) is 5.75 Å². The first-order chi connectivity index (χ1) is 10.8. The summed E-state index contributed by atoms with van der Waals surface area (Å²) in [5.41, 5.74) is 1.37. The molecule has 22 heavy (non-hydrogen) atoms. The maximum atomic E-state index is 5.21. The second-order valence-corrected chi connectivity index (χ2v) is 5.90. The molecule has 0 radical (unpaired) electrons. The number of benzene rings is 1. The van der Waals surface area contributed by atoms with Gasteiger partial charge in [-0.2, -0.15) is 5.10 Å². The van der Waals surface area contributed by atoms with Gasteiger partial charge >= 0.3 is 0 Å². The zero-order valence-electron chi connectivity index (χ0n) is 13.2. The Morgan fingerprint density at radius 2 is 2.09 bits per heavy atom. The van der Waals surface area contributed by atoms with Crippen molar-refractivity contribution in [2.45, 2.75) is 38.3 Å². The average molecular weight is 300 g/mol. The molecule has 0 bridgehead atoms. The van der Waals surface area contributed by atoms with Crippen molar-refractivity contribution in [2.75, 3.05) is 20.2 Å². The fraction of sp³-hybridized carbons (Fsp3) is 0.529. The Kier molecular flexibility index (Phi) is 5.06. The lowest BCUT2D eigenvalue weighted by molar-refractivity contribution is 0.131. The van der Waals surface area contributed by atoms with E-state index in [2.05, 4.69) is 27.1 Å². The van der Waals surface area contributed by atoms with Crippen LogP contribution >= 0.6 is 0 Å². The lowest BCUT2D eigenvalue weighted by Crippen LogP contribution is -2.43. The van der Waals surface area contributed by atoms with Gasteiger partial charge in [0.25, 0.3) is 0 Å². The van der Waals surface area contributed by atoms with Crippen molar-refractivity contribution < 1.29 is 4.74 Å². The summed E-state index contributed by atoms with van der Waals surface area (Å²) in [6.45, 7) is 3.24. The Morgan fingerprint density at radius 3 is 2.82 bits per heavy atom. The van der Waals surface area contributed by atoms with Gasteiger partial charge in [-0.3, -0.25) is 9.58 Å². The number of hydrogen-bond donors (Lipinski definition) is 0. The highest BCUT2D eigenvalue weighted by Gasteiger charge is 2.22. The monoisotopic (exact) mass is 300 g/mol. The van der Waals surface area contributed by atoms with Crippen molar-refractivity contribution in [3.63, 3.8) is 0 Å². The highest BCUT2D eigenvalue weighted by Crippen LogP contribution is 2.19. The van der Waals surface area contributed by atoms with Gasteiger partial charge in [0.1, 0.15) is 18.4 Å². The summed E-state index contributed by atoms with van der Waals surface area (Å²) in [5, 5.41) is 4.25. The molecular formula is C17H24N4O. The van der Waals surface area contributed by atoms with Crippen LogP contribution in [0.25, 0.3) is 0 Å². The summed E-state index contributed by atoms with van der Waals surface area (Å²) in [6.07, 6.45) is 8.38. The van der Waals surface area contributed by atoms with Crippen LogP contribution in [0.2, 0.25) is 0 Å². The van der Waals surface area contributed by atoms with Crippen LogP contribution in [0, 0.1) is 0 Å². The molecule has 1 aliphatic heterocycles. The SMILES string of the molecule is COc1ccc(CCN2CCCCC2Cn2cncn2)cc1. The van der Waals surface area contributed by atoms with Crippen molar-refractivity contribution in [1.29, 1.82) is 0 Å². The van der Waals surface area contributed by atoms with E-state index in [-0.39, 0.29) is 0 Å². The van der Waals surface area contributed by atoms with E-state index in [0.29, 0.717) is 6.04 Å². The van der Waals surface area contributed by atoms with E-state index in [1.54, 1.807) is 13.4 Å². The molecule has 5 nitrogen and oxygen atoms in total. The zero-order valence-corrected chi connectivity index (χ0v) is 13.2. The summed E-state index contributed by atoms with van der Waals surface area (Å²) >= 11 is 0. The third kappa shape index (κ3) is 3.85. The molecule has 1 aliphatic rings. The normalized spacial score (nSPS) is 19.2. The first kappa shape index (κ1) is 15.0. The quantitative estimate of drug-likeness (QED) is 0.821. The molecular weight excluding hydrogens is 276 g/mol. The number of rotatable bonds is 6. The number of ether oxygens (including phenoxy) is 1. The average Bonchev–Trinajstić information content (AvgIpc) is 3.07. The molecule has 2 aromatic rings. The molecule has 1 aromatic heterocycles. The topological polar surface area (TPSA) is 43.2 Å². The second-order valence-electron chi connectivity index (χ2n) is 5.90. The molecule has 0 aliphatic carbocycles. The summed E-state index contributed by atoms with van der Waals surface area (Å²) in [5.74, 6) is 0.922. The largest absolute Gasteiger partial charge is 0.497 e. The van der Waals surface area contributed by atoms with Gasteiger partial charge in [0, 0.05) is 12.6 Å². The molecule has 0 saturated carbocycles. The number of methoxy groups -OCH3 is 1. The van der Waals surface area contributed by atoms with E-state index in [1.165, 1.54) is 31.4 Å². The van der Waals surface area contributed by atoms with E-state index in [0.717, 1.165) is 25.3 Å². The Labute approximate surface area is 131 Å². The molecule has 0 N–H and O–H groups in total. The fourth-order valence-corrected chi connectivity index (χ4v) is 3.17. The van der Waals surface area contributed by atoms with Gasteiger partial charge in [0.05, 0.1) is 13.7 Å². The van der Waals surface area contributed by atoms with E-state index in [4.69, 9.17) is 4.74 Å². The molecule has 1 fully saturated rings. The van der Waals surface area contributed by atoms with Crippen LogP contribution in [0.15, 0.2) is 36.9 Å². The molecule has 0 spiro atoms. The highest BCUT2D eigenvalue weighted by atomic mass is 16.5. The summed E-state index contributed by atoms with van der Waals surface area (Å²) in [4.78, 5) is 6.65. The first-order valence-electron chi connectivity index (χ1n) is 8.04. The van der Waals surface area contributed by atoms with Crippen molar-refractivity contribution >= 4 is 0 Å². The molecule has 2 heterocycles. The smallest absolute Gasteiger partial charge is 0.137 e. The molecule has 5 heteroatoms. The fourth-order valence-electron chi connectivity index (χ4n) is 3.17. The molecule has 0 amide bonds. The lowest BCUT2D eigenvalue weighted by atomic mass is 10.0. The van der Waals surface area contributed by atoms with Crippen LogP contribution in [-0.2, 0) is 13.0 Å². The second kappa shape index (κ2) is 7.40. The number of aromatic nitrogens is 3. The maximum Gasteiger partial charge on any atom is 0.137 e. The predicted octanol–water partition coefficient (Wildman–Crippen LogP) is 2.38. The number of piperidine rings is 1. The molecule has 3 rings (SSSR count). The zero-order chi connectivity index (χ0) is 15.2. The minimum atomic E-state index is 0.577. The van der Waals surface area contributed by atoms with Gasteiger partial charge in [0.15, 0.2) is 0 Å². The Hall–Kier alpha value is -1.88. The van der Waals surface area contributed by atoms with Gasteiger partial charge < -0.3 is 4.74 Å². The van der Waals surface area contributed by atoms with Gasteiger partial charge in [0.2, 0.25) is 0 Å². The maximum absolute atomic E-state index is 5.21. The number of nitrogens with zero attached hydrogens (tertiary/aromatic N) is 4. The molecule has 1 aromatic carbocycles. The van der Waals surface area contributed by atoms with Gasteiger partial charge in [-0.25, -0.2) is 4.98 Å². The van der Waals surface area contributed by atoms with Crippen LogP contribution in [-0.4, -0.2) is 45.9 Å². The van der Waals surface area contributed by atoms with Crippen LogP contribution in [0.3, 0.4) is 0 Å². The van der Waals surface area contributed by atoms with Crippen LogP contribution < -0.4 is 4.74 Å². The van der Waals surface area contributed by atoms with Crippen molar-refractivity contribution in [3.8, 4) is 5.75 Å². The summed E-state index contributed by atoms with van der Waals surface area (Å²) in [6, 6.07) is 8.98. The van der Waals surface area contributed by atoms with Crippen molar-refractivity contribution in [3.05, 3.63) is 42.5 Å². The van der Waals surface area contributed by atoms with E-state index in [9.17, 15) is 0 Å². The van der Waals surface area contributed by atoms with Gasteiger partial charge in [-0.05, 0) is 43.5 Å². The van der Waals surface area contributed by atoms with E-state index >= 15 is 0 Å². The third-order valence-electron chi connectivity index (χ3n) is 4.46. The Bertz CT molecular complexity index is 553. The summed E-state index contributed by atoms with van der Waals surface area (Å²) < 4.78 is 7.17. The first-order valence-corrected chi connectivity index (χ1v) is 8.04. The number of likely N-dealkylation sites (tertiary alicyclic amines) is 1. The molecule has 1 unspecified atom stereocenters. The third-order valence-corrected chi connectivity index (χ3v) is 4.46. The van der Waals surface area contributed by atoms with E-state index in [1.807, 2.05) is 23.1 Å². The Morgan fingerprint density at radius 1 is 1.23 bits per heavy atom. The minimum absolute atomic E-state index is 0.577. The summed E-state index contributed by atoms with van der Waals surface area (Å²) in [7, 11) is 1.71. The van der Waals surface area contributed by atoms with Gasteiger partial charge in [-0.15, -0.1) is 0 Å². The van der Waals surface area contributed by atoms with Crippen molar-refractivity contribution in [1.82, 2.24) is 19.7 Å². The molecule has 1 saturated heterocycles. The van der Waals surface area contributed by atoms with Crippen LogP contribution in [0.4, 0.5) is 0 Å². The predicted molar refractivity (Wildman–Crippen MR) is 85.9 cm³/mol. The number of hydrogen-bond acceptors (Lipinski definition) is 4. The Balaban J connectivity index is 1.56. The minimum Gasteiger partial charge on any atom is -0.497 e. The standard InChI is InChI=1S/C17H24N4O/c1-22-17-7-5-15(6-8-17)9-11-20-10-3-2-4-16(20)12-21-14-18-13-19-21/h5-8,13-14,16H,2-4,9-12H2,1H3. The lowest BCUT2D eigenvalue weighted by Gasteiger charge is -2.35. The van der Waals surface area contributed by atoms with Gasteiger partial charge in [-0.1, -0.05) is 18.6 Å². The molecule has 1 atom stereocenters. The van der Waals surface area contributed by atoms with Crippen molar-refractivity contribution in [2.24, 2.45) is 0 Å². The highest BCUT2D eigenvalue weighted by molar-refractivity contribution is 5.27. The molecule has 118 valence electrons.